The van der Waals surface area contributed by atoms with Crippen molar-refractivity contribution >= 4 is 10.8 Å². The zero-order valence-corrected chi connectivity index (χ0v) is 11.5. The van der Waals surface area contributed by atoms with Gasteiger partial charge in [0.25, 0.3) is 0 Å². The lowest BCUT2D eigenvalue weighted by molar-refractivity contribution is -0.149. The molecule has 0 aliphatic heterocycles. The topological polar surface area (TPSA) is 44.5 Å². The summed E-state index contributed by atoms with van der Waals surface area (Å²) in [5, 5.41) is 2.39. The Bertz CT molecular complexity index is 521. The molecule has 0 aliphatic carbocycles. The van der Waals surface area contributed by atoms with E-state index in [4.69, 9.17) is 15.2 Å². The number of hydrogen-bond acceptors (Lipinski definition) is 3. The van der Waals surface area contributed by atoms with E-state index in [9.17, 15) is 0 Å². The van der Waals surface area contributed by atoms with E-state index in [1.54, 1.807) is 0 Å². The summed E-state index contributed by atoms with van der Waals surface area (Å²) < 4.78 is 11.1. The molecule has 1 atom stereocenters. The van der Waals surface area contributed by atoms with Crippen molar-refractivity contribution in [1.82, 2.24) is 0 Å². The van der Waals surface area contributed by atoms with Crippen molar-refractivity contribution < 1.29 is 9.47 Å². The van der Waals surface area contributed by atoms with Crippen molar-refractivity contribution in [2.45, 2.75) is 26.2 Å². The largest absolute Gasteiger partial charge is 0.351 e. The Morgan fingerprint density at radius 2 is 1.58 bits per heavy atom. The van der Waals surface area contributed by atoms with Crippen LogP contribution in [-0.4, -0.2) is 19.5 Å². The number of rotatable bonds is 6. The molecule has 3 heteroatoms. The van der Waals surface area contributed by atoms with Crippen LogP contribution in [0.1, 0.15) is 25.5 Å². The van der Waals surface area contributed by atoms with Crippen molar-refractivity contribution in [3.8, 4) is 0 Å². The molecule has 2 aromatic rings. The number of fused-ring (bicyclic) bond motifs is 1. The fourth-order valence-electron chi connectivity index (χ4n) is 2.16. The maximum Gasteiger partial charge on any atom is 0.176 e. The Morgan fingerprint density at radius 3 is 2.21 bits per heavy atom. The Hall–Kier alpha value is -1.42. The van der Waals surface area contributed by atoms with Crippen LogP contribution in [0.15, 0.2) is 42.5 Å². The van der Waals surface area contributed by atoms with Crippen LogP contribution in [0.2, 0.25) is 0 Å². The minimum absolute atomic E-state index is 0.274. The molecule has 3 nitrogen and oxygen atoms in total. The van der Waals surface area contributed by atoms with Crippen LogP contribution < -0.4 is 5.73 Å². The Kier molecular flexibility index (Phi) is 4.91. The molecule has 0 heterocycles. The van der Waals surface area contributed by atoms with Gasteiger partial charge in [-0.25, -0.2) is 0 Å². The summed E-state index contributed by atoms with van der Waals surface area (Å²) in [5.41, 5.74) is 7.29. The molecule has 0 spiro atoms. The van der Waals surface area contributed by atoms with E-state index in [2.05, 4.69) is 24.3 Å². The van der Waals surface area contributed by atoms with Gasteiger partial charge in [0.1, 0.15) is 0 Å². The highest BCUT2D eigenvalue weighted by atomic mass is 16.7. The summed E-state index contributed by atoms with van der Waals surface area (Å²) in [6.07, 6.45) is -0.392. The van der Waals surface area contributed by atoms with Gasteiger partial charge in [0.15, 0.2) is 6.29 Å². The molecular weight excluding hydrogens is 238 g/mol. The van der Waals surface area contributed by atoms with Crippen molar-refractivity contribution in [3.63, 3.8) is 0 Å². The second-order valence-corrected chi connectivity index (χ2v) is 4.41. The fraction of sp³-hybridized carbons (Fsp3) is 0.375. The Labute approximate surface area is 114 Å². The summed E-state index contributed by atoms with van der Waals surface area (Å²) in [6.45, 7) is 5.07. The summed E-state index contributed by atoms with van der Waals surface area (Å²) in [4.78, 5) is 0. The minimum Gasteiger partial charge on any atom is -0.351 e. The van der Waals surface area contributed by atoms with Crippen molar-refractivity contribution in [2.24, 2.45) is 5.73 Å². The second-order valence-electron chi connectivity index (χ2n) is 4.41. The fourth-order valence-corrected chi connectivity index (χ4v) is 2.16. The molecule has 0 fully saturated rings. The average Bonchev–Trinajstić information content (AvgIpc) is 2.46. The predicted molar refractivity (Wildman–Crippen MR) is 77.9 cm³/mol. The van der Waals surface area contributed by atoms with E-state index >= 15 is 0 Å². The molecule has 19 heavy (non-hydrogen) atoms. The summed E-state index contributed by atoms with van der Waals surface area (Å²) in [7, 11) is 0. The third kappa shape index (κ3) is 3.32. The first-order valence-electron chi connectivity index (χ1n) is 6.73. The molecule has 2 N–H and O–H groups in total. The average molecular weight is 259 g/mol. The van der Waals surface area contributed by atoms with Crippen LogP contribution in [0.3, 0.4) is 0 Å². The molecule has 0 saturated carbocycles. The van der Waals surface area contributed by atoms with E-state index in [1.165, 1.54) is 10.8 Å². The highest BCUT2D eigenvalue weighted by Gasteiger charge is 2.20. The third-order valence-corrected chi connectivity index (χ3v) is 3.11. The maximum absolute atomic E-state index is 6.25. The SMILES string of the molecule is CCOC(OCC)C(N)c1ccc2ccccc2c1. The first-order chi connectivity index (χ1) is 9.26. The van der Waals surface area contributed by atoms with Gasteiger partial charge in [-0.1, -0.05) is 36.4 Å². The normalized spacial score (nSPS) is 13.1. The van der Waals surface area contributed by atoms with Gasteiger partial charge in [-0.2, -0.15) is 0 Å². The molecule has 0 saturated heterocycles. The molecule has 2 rings (SSSR count). The van der Waals surface area contributed by atoms with Crippen LogP contribution >= 0.6 is 0 Å². The molecule has 1 unspecified atom stereocenters. The van der Waals surface area contributed by atoms with E-state index in [0.29, 0.717) is 13.2 Å². The van der Waals surface area contributed by atoms with E-state index in [1.807, 2.05) is 32.0 Å². The second kappa shape index (κ2) is 6.66. The molecule has 0 amide bonds. The number of nitrogens with two attached hydrogens (primary N) is 1. The molecule has 0 aromatic heterocycles. The van der Waals surface area contributed by atoms with Crippen LogP contribution in [0.4, 0.5) is 0 Å². The van der Waals surface area contributed by atoms with Crippen molar-refractivity contribution in [1.29, 1.82) is 0 Å². The van der Waals surface area contributed by atoms with Crippen LogP contribution in [0.5, 0.6) is 0 Å². The van der Waals surface area contributed by atoms with Crippen molar-refractivity contribution in [2.75, 3.05) is 13.2 Å². The highest BCUT2D eigenvalue weighted by molar-refractivity contribution is 5.83. The van der Waals surface area contributed by atoms with Gasteiger partial charge < -0.3 is 15.2 Å². The van der Waals surface area contributed by atoms with E-state index in [0.717, 1.165) is 5.56 Å². The summed E-state index contributed by atoms with van der Waals surface area (Å²) in [6, 6.07) is 14.2. The van der Waals surface area contributed by atoms with Gasteiger partial charge in [0.05, 0.1) is 6.04 Å². The van der Waals surface area contributed by atoms with Crippen LogP contribution in [0, 0.1) is 0 Å². The minimum atomic E-state index is -0.392. The quantitative estimate of drug-likeness (QED) is 0.810. The van der Waals surface area contributed by atoms with Gasteiger partial charge in [0, 0.05) is 13.2 Å². The predicted octanol–water partition coefficient (Wildman–Crippen LogP) is 3.24. The Balaban J connectivity index is 2.26. The van der Waals surface area contributed by atoms with Gasteiger partial charge >= 0.3 is 0 Å². The molecular formula is C16H21NO2. The van der Waals surface area contributed by atoms with Crippen molar-refractivity contribution in [3.05, 3.63) is 48.0 Å². The molecule has 0 bridgehead atoms. The summed E-state index contributed by atoms with van der Waals surface area (Å²) in [5.74, 6) is 0. The van der Waals surface area contributed by atoms with E-state index in [-0.39, 0.29) is 6.04 Å². The lowest BCUT2D eigenvalue weighted by Gasteiger charge is -2.24. The zero-order chi connectivity index (χ0) is 13.7. The standard InChI is InChI=1S/C16H21NO2/c1-3-18-16(19-4-2)15(17)14-10-9-12-7-5-6-8-13(12)11-14/h5-11,15-16H,3-4,17H2,1-2H3. The van der Waals surface area contributed by atoms with Crippen LogP contribution in [0.25, 0.3) is 10.8 Å². The smallest absolute Gasteiger partial charge is 0.176 e. The van der Waals surface area contributed by atoms with Crippen LogP contribution in [-0.2, 0) is 9.47 Å². The first kappa shape index (κ1) is 14.0. The molecule has 102 valence electrons. The zero-order valence-electron chi connectivity index (χ0n) is 11.5. The highest BCUT2D eigenvalue weighted by Crippen LogP contribution is 2.22. The first-order valence-corrected chi connectivity index (χ1v) is 6.73. The van der Waals surface area contributed by atoms with Gasteiger partial charge in [0.2, 0.25) is 0 Å². The Morgan fingerprint density at radius 1 is 0.947 bits per heavy atom. The molecule has 0 aliphatic rings. The third-order valence-electron chi connectivity index (χ3n) is 3.11. The number of benzene rings is 2. The lowest BCUT2D eigenvalue weighted by atomic mass is 10.0. The van der Waals surface area contributed by atoms with Gasteiger partial charge in [-0.15, -0.1) is 0 Å². The number of hydrogen-bond donors (Lipinski definition) is 1. The maximum atomic E-state index is 6.25. The monoisotopic (exact) mass is 259 g/mol. The van der Waals surface area contributed by atoms with Gasteiger partial charge in [-0.05, 0) is 36.2 Å². The van der Waals surface area contributed by atoms with Gasteiger partial charge in [-0.3, -0.25) is 0 Å². The lowest BCUT2D eigenvalue weighted by Crippen LogP contribution is -2.31. The number of ether oxygens (including phenoxy) is 2. The molecule has 2 aromatic carbocycles. The molecule has 0 radical (unpaired) electrons. The van der Waals surface area contributed by atoms with E-state index < -0.39 is 6.29 Å². The summed E-state index contributed by atoms with van der Waals surface area (Å²) >= 11 is 0.